The Morgan fingerprint density at radius 1 is 1.38 bits per heavy atom. The fourth-order valence-corrected chi connectivity index (χ4v) is 1.48. The molecule has 2 nitrogen and oxygen atoms in total. The van der Waals surface area contributed by atoms with Gasteiger partial charge in [0.1, 0.15) is 0 Å². The van der Waals surface area contributed by atoms with E-state index in [0.717, 1.165) is 6.07 Å². The van der Waals surface area contributed by atoms with Crippen LogP contribution >= 0.6 is 11.6 Å². The Balaban J connectivity index is 3.18. The molecule has 1 aromatic carbocycles. The largest absolute Gasteiger partial charge is 0.573 e. The minimum absolute atomic E-state index is 0.162. The van der Waals surface area contributed by atoms with E-state index in [-0.39, 0.29) is 21.9 Å². The average molecular weight is 253 g/mol. The van der Waals surface area contributed by atoms with Gasteiger partial charge in [0, 0.05) is 5.56 Å². The monoisotopic (exact) mass is 252 g/mol. The molecule has 0 amide bonds. The molecule has 0 saturated carbocycles. The summed E-state index contributed by atoms with van der Waals surface area (Å²) < 4.78 is 39.8. The SMILES string of the molecule is CC(=O)c1cc(C)c(OC(F)(F)F)c(Cl)c1. The molecule has 0 aliphatic heterocycles. The molecule has 0 N–H and O–H groups in total. The van der Waals surface area contributed by atoms with Gasteiger partial charge in [0.2, 0.25) is 0 Å². The van der Waals surface area contributed by atoms with Crippen LogP contribution in [-0.2, 0) is 0 Å². The highest BCUT2D eigenvalue weighted by molar-refractivity contribution is 6.32. The summed E-state index contributed by atoms with van der Waals surface area (Å²) in [4.78, 5) is 11.0. The van der Waals surface area contributed by atoms with Crippen LogP contribution in [0.4, 0.5) is 13.2 Å². The number of ether oxygens (including phenoxy) is 1. The van der Waals surface area contributed by atoms with Crippen molar-refractivity contribution in [2.24, 2.45) is 0 Å². The third-order valence-corrected chi connectivity index (χ3v) is 2.13. The Hall–Kier alpha value is -1.23. The fourth-order valence-electron chi connectivity index (χ4n) is 1.18. The molecule has 0 radical (unpaired) electrons. The average Bonchev–Trinajstić information content (AvgIpc) is 2.09. The predicted molar refractivity (Wildman–Crippen MR) is 52.9 cm³/mol. The second kappa shape index (κ2) is 4.33. The summed E-state index contributed by atoms with van der Waals surface area (Å²) in [5.74, 6) is -0.747. The zero-order chi connectivity index (χ0) is 12.5. The van der Waals surface area contributed by atoms with Crippen LogP contribution in [0.15, 0.2) is 12.1 Å². The maximum absolute atomic E-state index is 12.0. The number of alkyl halides is 3. The Bertz CT molecular complexity index is 404. The van der Waals surface area contributed by atoms with Gasteiger partial charge in [-0.25, -0.2) is 0 Å². The van der Waals surface area contributed by atoms with Crippen molar-refractivity contribution in [1.29, 1.82) is 0 Å². The van der Waals surface area contributed by atoms with Crippen LogP contribution in [0.25, 0.3) is 0 Å². The number of carbonyl (C=O) groups is 1. The first-order valence-electron chi connectivity index (χ1n) is 4.27. The number of hydrogen-bond donors (Lipinski definition) is 0. The van der Waals surface area contributed by atoms with E-state index >= 15 is 0 Å². The summed E-state index contributed by atoms with van der Waals surface area (Å²) >= 11 is 5.61. The molecule has 1 aromatic rings. The quantitative estimate of drug-likeness (QED) is 0.750. The van der Waals surface area contributed by atoms with Crippen molar-refractivity contribution < 1.29 is 22.7 Å². The van der Waals surface area contributed by atoms with Gasteiger partial charge in [-0.15, -0.1) is 13.2 Å². The number of benzene rings is 1. The van der Waals surface area contributed by atoms with Crippen LogP contribution in [0.1, 0.15) is 22.8 Å². The van der Waals surface area contributed by atoms with Gasteiger partial charge >= 0.3 is 6.36 Å². The number of Topliss-reactive ketones (excluding diaryl/α,β-unsaturated/α-hetero) is 1. The van der Waals surface area contributed by atoms with Crippen LogP contribution in [0.2, 0.25) is 5.02 Å². The zero-order valence-electron chi connectivity index (χ0n) is 8.48. The molecule has 0 saturated heterocycles. The lowest BCUT2D eigenvalue weighted by Gasteiger charge is -2.13. The Morgan fingerprint density at radius 2 is 1.94 bits per heavy atom. The van der Waals surface area contributed by atoms with Gasteiger partial charge in [-0.1, -0.05) is 11.6 Å². The summed E-state index contributed by atoms with van der Waals surface area (Å²) in [5.41, 5.74) is 0.409. The molecule has 0 aromatic heterocycles. The Kier molecular flexibility index (Phi) is 3.48. The Morgan fingerprint density at radius 3 is 2.31 bits per heavy atom. The van der Waals surface area contributed by atoms with Gasteiger partial charge in [0.25, 0.3) is 0 Å². The lowest BCUT2D eigenvalue weighted by molar-refractivity contribution is -0.274. The highest BCUT2D eigenvalue weighted by Crippen LogP contribution is 2.34. The van der Waals surface area contributed by atoms with Crippen LogP contribution in [0.5, 0.6) is 5.75 Å². The van der Waals surface area contributed by atoms with E-state index in [0.29, 0.717) is 0 Å². The standard InChI is InChI=1S/C10H8ClF3O2/c1-5-3-7(6(2)15)4-8(11)9(5)16-10(12,13)14/h3-4H,1-2H3. The van der Waals surface area contributed by atoms with Crippen molar-refractivity contribution in [1.82, 2.24) is 0 Å². The van der Waals surface area contributed by atoms with Gasteiger partial charge in [0.15, 0.2) is 11.5 Å². The van der Waals surface area contributed by atoms with Crippen molar-refractivity contribution in [3.8, 4) is 5.75 Å². The molecule has 0 atom stereocenters. The second-order valence-corrected chi connectivity index (χ2v) is 3.62. The first kappa shape index (κ1) is 12.8. The van der Waals surface area contributed by atoms with Crippen molar-refractivity contribution in [3.63, 3.8) is 0 Å². The third-order valence-electron chi connectivity index (χ3n) is 1.85. The maximum atomic E-state index is 12.0. The van der Waals surface area contributed by atoms with Crippen LogP contribution in [0, 0.1) is 6.92 Å². The highest BCUT2D eigenvalue weighted by Gasteiger charge is 2.33. The van der Waals surface area contributed by atoms with E-state index < -0.39 is 12.1 Å². The predicted octanol–water partition coefficient (Wildman–Crippen LogP) is 3.75. The molecule has 0 heterocycles. The van der Waals surface area contributed by atoms with E-state index in [4.69, 9.17) is 11.6 Å². The summed E-state index contributed by atoms with van der Waals surface area (Å²) in [7, 11) is 0. The normalized spacial score (nSPS) is 11.4. The van der Waals surface area contributed by atoms with Crippen LogP contribution in [0.3, 0.4) is 0 Å². The smallest absolute Gasteiger partial charge is 0.404 e. The van der Waals surface area contributed by atoms with E-state index in [9.17, 15) is 18.0 Å². The molecule has 0 unspecified atom stereocenters. The molecule has 0 fully saturated rings. The highest BCUT2D eigenvalue weighted by atomic mass is 35.5. The van der Waals surface area contributed by atoms with E-state index in [1.807, 2.05) is 0 Å². The lowest BCUT2D eigenvalue weighted by Crippen LogP contribution is -2.18. The third kappa shape index (κ3) is 3.13. The first-order valence-corrected chi connectivity index (χ1v) is 4.65. The van der Waals surface area contributed by atoms with Crippen molar-refractivity contribution >= 4 is 17.4 Å². The van der Waals surface area contributed by atoms with Gasteiger partial charge in [0.05, 0.1) is 5.02 Å². The van der Waals surface area contributed by atoms with E-state index in [1.54, 1.807) is 0 Å². The molecule has 0 bridgehead atoms. The number of carbonyl (C=O) groups excluding carboxylic acids is 1. The first-order chi connectivity index (χ1) is 7.20. The van der Waals surface area contributed by atoms with Crippen molar-refractivity contribution in [3.05, 3.63) is 28.3 Å². The van der Waals surface area contributed by atoms with E-state index in [1.165, 1.54) is 19.9 Å². The van der Waals surface area contributed by atoms with Gasteiger partial charge in [-0.2, -0.15) is 0 Å². The fraction of sp³-hybridized carbons (Fsp3) is 0.300. The summed E-state index contributed by atoms with van der Waals surface area (Å²) in [6, 6.07) is 2.45. The zero-order valence-corrected chi connectivity index (χ0v) is 9.24. The van der Waals surface area contributed by atoms with Gasteiger partial charge in [-0.05, 0) is 31.5 Å². The maximum Gasteiger partial charge on any atom is 0.573 e. The minimum atomic E-state index is -4.80. The molecule has 16 heavy (non-hydrogen) atoms. The van der Waals surface area contributed by atoms with Gasteiger partial charge < -0.3 is 4.74 Å². The number of hydrogen-bond acceptors (Lipinski definition) is 2. The lowest BCUT2D eigenvalue weighted by atomic mass is 10.1. The molecular weight excluding hydrogens is 245 g/mol. The molecule has 0 aliphatic carbocycles. The number of halogens is 4. The van der Waals surface area contributed by atoms with Crippen molar-refractivity contribution in [2.45, 2.75) is 20.2 Å². The van der Waals surface area contributed by atoms with Crippen molar-refractivity contribution in [2.75, 3.05) is 0 Å². The number of rotatable bonds is 2. The number of ketones is 1. The minimum Gasteiger partial charge on any atom is -0.404 e. The Labute approximate surface area is 95.0 Å². The van der Waals surface area contributed by atoms with Gasteiger partial charge in [-0.3, -0.25) is 4.79 Å². The second-order valence-electron chi connectivity index (χ2n) is 3.21. The van der Waals surface area contributed by atoms with Crippen LogP contribution in [-0.4, -0.2) is 12.1 Å². The molecule has 0 spiro atoms. The van der Waals surface area contributed by atoms with Crippen LogP contribution < -0.4 is 4.74 Å². The molecule has 1 rings (SSSR count). The topological polar surface area (TPSA) is 26.3 Å². The summed E-state index contributed by atoms with van der Waals surface area (Å²) in [6.07, 6.45) is -4.80. The molecule has 0 aliphatic rings. The molecular formula is C10H8ClF3O2. The molecule has 6 heteroatoms. The summed E-state index contributed by atoms with van der Waals surface area (Å²) in [6.45, 7) is 2.69. The van der Waals surface area contributed by atoms with E-state index in [2.05, 4.69) is 4.74 Å². The number of aryl methyl sites for hydroxylation is 1. The summed E-state index contributed by atoms with van der Waals surface area (Å²) in [5, 5.41) is -0.234. The molecule has 88 valence electrons.